The van der Waals surface area contributed by atoms with E-state index in [1.165, 1.54) is 77.1 Å². The van der Waals surface area contributed by atoms with E-state index in [4.69, 9.17) is 4.74 Å². The molecule has 0 atom stereocenters. The fourth-order valence-electron chi connectivity index (χ4n) is 2.82. The van der Waals surface area contributed by atoms with Gasteiger partial charge in [-0.3, -0.25) is 0 Å². The Hall–Kier alpha value is -1.16. The van der Waals surface area contributed by atoms with Crippen LogP contribution in [-0.4, -0.2) is 31.2 Å². The predicted molar refractivity (Wildman–Crippen MR) is 112 cm³/mol. The SMILES string of the molecule is CCCCCCCCCCCCSCCOc1ccc(C(=O)OC)cc1. The molecule has 0 heterocycles. The van der Waals surface area contributed by atoms with E-state index in [0.29, 0.717) is 12.2 Å². The Morgan fingerprint density at radius 2 is 1.42 bits per heavy atom. The van der Waals surface area contributed by atoms with Crippen LogP contribution in [0.4, 0.5) is 0 Å². The van der Waals surface area contributed by atoms with Gasteiger partial charge in [-0.2, -0.15) is 11.8 Å². The number of unbranched alkanes of at least 4 members (excludes halogenated alkanes) is 9. The van der Waals surface area contributed by atoms with Gasteiger partial charge in [0.05, 0.1) is 19.3 Å². The van der Waals surface area contributed by atoms with E-state index in [0.717, 1.165) is 11.5 Å². The molecule has 4 heteroatoms. The maximum atomic E-state index is 11.4. The molecule has 3 nitrogen and oxygen atoms in total. The molecule has 0 aliphatic carbocycles. The molecule has 148 valence electrons. The Morgan fingerprint density at radius 1 is 0.846 bits per heavy atom. The third-order valence-electron chi connectivity index (χ3n) is 4.41. The van der Waals surface area contributed by atoms with Crippen molar-refractivity contribution in [2.45, 2.75) is 71.1 Å². The molecule has 0 aliphatic rings. The second kappa shape index (κ2) is 16.0. The molecular weight excluding hydrogens is 344 g/mol. The minimum Gasteiger partial charge on any atom is -0.493 e. The third kappa shape index (κ3) is 11.5. The highest BCUT2D eigenvalue weighted by molar-refractivity contribution is 7.99. The lowest BCUT2D eigenvalue weighted by Gasteiger charge is -2.07. The van der Waals surface area contributed by atoms with Crippen molar-refractivity contribution in [1.29, 1.82) is 0 Å². The molecule has 0 fully saturated rings. The number of thioether (sulfide) groups is 1. The zero-order valence-electron chi connectivity index (χ0n) is 16.6. The molecule has 0 aliphatic heterocycles. The highest BCUT2D eigenvalue weighted by Gasteiger charge is 2.04. The Labute approximate surface area is 164 Å². The van der Waals surface area contributed by atoms with Crippen molar-refractivity contribution in [3.8, 4) is 5.75 Å². The van der Waals surface area contributed by atoms with Gasteiger partial charge in [-0.15, -0.1) is 0 Å². The van der Waals surface area contributed by atoms with Crippen LogP contribution < -0.4 is 4.74 Å². The van der Waals surface area contributed by atoms with Gasteiger partial charge in [0.25, 0.3) is 0 Å². The van der Waals surface area contributed by atoms with Gasteiger partial charge >= 0.3 is 5.97 Å². The first kappa shape index (κ1) is 22.9. The fourth-order valence-corrected chi connectivity index (χ4v) is 3.63. The maximum Gasteiger partial charge on any atom is 0.337 e. The lowest BCUT2D eigenvalue weighted by Crippen LogP contribution is -2.03. The Morgan fingerprint density at radius 3 is 2.00 bits per heavy atom. The summed E-state index contributed by atoms with van der Waals surface area (Å²) >= 11 is 1.96. The van der Waals surface area contributed by atoms with Crippen LogP contribution in [0.25, 0.3) is 0 Å². The van der Waals surface area contributed by atoms with Gasteiger partial charge in [-0.05, 0) is 36.4 Å². The van der Waals surface area contributed by atoms with Crippen LogP contribution in [0.3, 0.4) is 0 Å². The van der Waals surface area contributed by atoms with Gasteiger partial charge in [0.1, 0.15) is 5.75 Å². The van der Waals surface area contributed by atoms with Crippen molar-refractivity contribution in [2.75, 3.05) is 25.2 Å². The highest BCUT2D eigenvalue weighted by Crippen LogP contribution is 2.15. The van der Waals surface area contributed by atoms with Crippen LogP contribution in [0.15, 0.2) is 24.3 Å². The molecule has 26 heavy (non-hydrogen) atoms. The van der Waals surface area contributed by atoms with Gasteiger partial charge in [-0.25, -0.2) is 4.79 Å². The van der Waals surface area contributed by atoms with Crippen LogP contribution in [0.2, 0.25) is 0 Å². The third-order valence-corrected chi connectivity index (χ3v) is 5.45. The molecule has 1 rings (SSSR count). The number of rotatable bonds is 16. The van der Waals surface area contributed by atoms with Gasteiger partial charge in [0.15, 0.2) is 0 Å². The summed E-state index contributed by atoms with van der Waals surface area (Å²) in [5.74, 6) is 2.72. The molecule has 0 bridgehead atoms. The summed E-state index contributed by atoms with van der Waals surface area (Å²) in [7, 11) is 1.39. The number of ether oxygens (including phenoxy) is 2. The number of methoxy groups -OCH3 is 1. The van der Waals surface area contributed by atoms with Crippen molar-refractivity contribution < 1.29 is 14.3 Å². The number of hydrogen-bond acceptors (Lipinski definition) is 4. The first-order chi connectivity index (χ1) is 12.8. The quantitative estimate of drug-likeness (QED) is 0.242. The van der Waals surface area contributed by atoms with Gasteiger partial charge in [0, 0.05) is 5.75 Å². The second-order valence-electron chi connectivity index (χ2n) is 6.66. The first-order valence-corrected chi connectivity index (χ1v) is 11.3. The molecule has 0 N–H and O–H groups in total. The van der Waals surface area contributed by atoms with Crippen LogP contribution >= 0.6 is 11.8 Å². The first-order valence-electron chi connectivity index (χ1n) is 10.2. The summed E-state index contributed by atoms with van der Waals surface area (Å²) < 4.78 is 10.4. The van der Waals surface area contributed by atoms with Gasteiger partial charge in [-0.1, -0.05) is 64.7 Å². The zero-order valence-corrected chi connectivity index (χ0v) is 17.5. The predicted octanol–water partition coefficient (Wildman–Crippen LogP) is 6.51. The van der Waals surface area contributed by atoms with E-state index in [2.05, 4.69) is 11.7 Å². The Kier molecular flexibility index (Phi) is 14.1. The molecular formula is C22H36O3S. The molecule has 0 amide bonds. The number of benzene rings is 1. The molecule has 0 saturated heterocycles. The second-order valence-corrected chi connectivity index (χ2v) is 7.88. The molecule has 1 aromatic rings. The topological polar surface area (TPSA) is 35.5 Å². The van der Waals surface area contributed by atoms with E-state index >= 15 is 0 Å². The summed E-state index contributed by atoms with van der Waals surface area (Å²) in [6.45, 7) is 2.98. The van der Waals surface area contributed by atoms with E-state index in [1.54, 1.807) is 12.1 Å². The average Bonchev–Trinajstić information content (AvgIpc) is 2.68. The fraction of sp³-hybridized carbons (Fsp3) is 0.682. The molecule has 0 spiro atoms. The van der Waals surface area contributed by atoms with Crippen molar-refractivity contribution in [1.82, 2.24) is 0 Å². The van der Waals surface area contributed by atoms with Crippen LogP contribution in [0.1, 0.15) is 81.5 Å². The van der Waals surface area contributed by atoms with Gasteiger partial charge in [0.2, 0.25) is 0 Å². The lowest BCUT2D eigenvalue weighted by atomic mass is 10.1. The number of hydrogen-bond donors (Lipinski definition) is 0. The highest BCUT2D eigenvalue weighted by atomic mass is 32.2. The Bertz CT molecular complexity index is 459. The van der Waals surface area contributed by atoms with E-state index in [1.807, 2.05) is 23.9 Å². The summed E-state index contributed by atoms with van der Waals surface area (Å²) in [6, 6.07) is 7.11. The minimum atomic E-state index is -0.316. The van der Waals surface area contributed by atoms with E-state index in [9.17, 15) is 4.79 Å². The smallest absolute Gasteiger partial charge is 0.337 e. The Balaban J connectivity index is 1.88. The summed E-state index contributed by atoms with van der Waals surface area (Å²) in [6.07, 6.45) is 13.9. The number of esters is 1. The summed E-state index contributed by atoms with van der Waals surface area (Å²) in [5.41, 5.74) is 0.551. The number of carbonyl (C=O) groups is 1. The summed E-state index contributed by atoms with van der Waals surface area (Å²) in [4.78, 5) is 11.4. The van der Waals surface area contributed by atoms with Crippen molar-refractivity contribution >= 4 is 17.7 Å². The van der Waals surface area contributed by atoms with E-state index < -0.39 is 0 Å². The normalized spacial score (nSPS) is 10.7. The van der Waals surface area contributed by atoms with Crippen molar-refractivity contribution in [2.24, 2.45) is 0 Å². The number of carbonyl (C=O) groups excluding carboxylic acids is 1. The largest absolute Gasteiger partial charge is 0.493 e. The molecule has 0 unspecified atom stereocenters. The van der Waals surface area contributed by atoms with Gasteiger partial charge < -0.3 is 9.47 Å². The molecule has 1 aromatic carbocycles. The molecule has 0 saturated carbocycles. The van der Waals surface area contributed by atoms with Crippen LogP contribution in [0.5, 0.6) is 5.75 Å². The van der Waals surface area contributed by atoms with E-state index in [-0.39, 0.29) is 5.97 Å². The standard InChI is InChI=1S/C22H36O3S/c1-3-4-5-6-7-8-9-10-11-12-18-26-19-17-25-21-15-13-20(14-16-21)22(23)24-2/h13-16H,3-12,17-19H2,1-2H3. The van der Waals surface area contributed by atoms with Crippen LogP contribution in [0, 0.1) is 0 Å². The van der Waals surface area contributed by atoms with Crippen LogP contribution in [-0.2, 0) is 4.74 Å². The molecule has 0 radical (unpaired) electrons. The zero-order chi connectivity index (χ0) is 18.9. The minimum absolute atomic E-state index is 0.316. The summed E-state index contributed by atoms with van der Waals surface area (Å²) in [5, 5.41) is 0. The lowest BCUT2D eigenvalue weighted by molar-refractivity contribution is 0.0600. The molecule has 0 aromatic heterocycles. The van der Waals surface area contributed by atoms with Crippen molar-refractivity contribution in [3.05, 3.63) is 29.8 Å². The maximum absolute atomic E-state index is 11.4. The average molecular weight is 381 g/mol. The monoisotopic (exact) mass is 380 g/mol. The van der Waals surface area contributed by atoms with Crippen molar-refractivity contribution in [3.63, 3.8) is 0 Å².